The van der Waals surface area contributed by atoms with Crippen LogP contribution in [0.1, 0.15) is 53.4 Å². The Morgan fingerprint density at radius 2 is 2.07 bits per heavy atom. The Labute approximate surface area is 88.4 Å². The predicted molar refractivity (Wildman–Crippen MR) is 60.6 cm³/mol. The number of nitrogens with one attached hydrogen (secondary N) is 1. The molecule has 1 aliphatic rings. The summed E-state index contributed by atoms with van der Waals surface area (Å²) in [5.74, 6) is 0. The van der Waals surface area contributed by atoms with Gasteiger partial charge in [0.25, 0.3) is 0 Å². The molecular formula is C12H25NO. The third-order valence-corrected chi connectivity index (χ3v) is 3.39. The van der Waals surface area contributed by atoms with Gasteiger partial charge in [0.2, 0.25) is 0 Å². The lowest BCUT2D eigenvalue weighted by Gasteiger charge is -2.43. The van der Waals surface area contributed by atoms with E-state index in [1.54, 1.807) is 0 Å². The van der Waals surface area contributed by atoms with Crippen LogP contribution >= 0.6 is 0 Å². The molecule has 0 bridgehead atoms. The summed E-state index contributed by atoms with van der Waals surface area (Å²) in [4.78, 5) is 0. The number of hydrogen-bond donors (Lipinski definition) is 1. The van der Waals surface area contributed by atoms with Gasteiger partial charge in [0, 0.05) is 11.6 Å². The van der Waals surface area contributed by atoms with E-state index in [2.05, 4.69) is 33.0 Å². The SMILES string of the molecule is CCCC1OCC(C)(CC)NC1CC. The van der Waals surface area contributed by atoms with Crippen LogP contribution < -0.4 is 5.32 Å². The Hall–Kier alpha value is -0.0800. The molecule has 3 unspecified atom stereocenters. The third kappa shape index (κ3) is 2.71. The maximum atomic E-state index is 5.97. The first-order valence-corrected chi connectivity index (χ1v) is 6.04. The lowest BCUT2D eigenvalue weighted by molar-refractivity contribution is -0.0629. The van der Waals surface area contributed by atoms with E-state index >= 15 is 0 Å². The van der Waals surface area contributed by atoms with Gasteiger partial charge in [0.15, 0.2) is 0 Å². The highest BCUT2D eigenvalue weighted by Gasteiger charge is 2.35. The lowest BCUT2D eigenvalue weighted by atomic mass is 9.92. The fourth-order valence-electron chi connectivity index (χ4n) is 2.13. The molecule has 84 valence electrons. The molecule has 2 heteroatoms. The van der Waals surface area contributed by atoms with E-state index in [-0.39, 0.29) is 5.54 Å². The van der Waals surface area contributed by atoms with E-state index < -0.39 is 0 Å². The molecule has 2 nitrogen and oxygen atoms in total. The Morgan fingerprint density at radius 1 is 1.36 bits per heavy atom. The molecule has 1 aliphatic heterocycles. The molecule has 0 aromatic rings. The number of morpholine rings is 1. The van der Waals surface area contributed by atoms with Crippen LogP contribution in [-0.2, 0) is 4.74 Å². The van der Waals surface area contributed by atoms with Crippen LogP contribution in [0.5, 0.6) is 0 Å². The standard InChI is InChI=1S/C12H25NO/c1-5-8-11-10(6-2)13-12(4,7-3)9-14-11/h10-11,13H,5-9H2,1-4H3. The number of hydrogen-bond acceptors (Lipinski definition) is 2. The highest BCUT2D eigenvalue weighted by atomic mass is 16.5. The van der Waals surface area contributed by atoms with Crippen LogP contribution in [-0.4, -0.2) is 24.3 Å². The van der Waals surface area contributed by atoms with Crippen LogP contribution in [0.2, 0.25) is 0 Å². The minimum Gasteiger partial charge on any atom is -0.375 e. The van der Waals surface area contributed by atoms with E-state index in [1.165, 1.54) is 19.3 Å². The Morgan fingerprint density at radius 3 is 2.57 bits per heavy atom. The second-order valence-electron chi connectivity index (χ2n) is 4.71. The second-order valence-corrected chi connectivity index (χ2v) is 4.71. The minimum absolute atomic E-state index is 0.199. The molecule has 0 aliphatic carbocycles. The Kier molecular flexibility index (Phi) is 4.39. The normalized spacial score (nSPS) is 38.6. The maximum Gasteiger partial charge on any atom is 0.0728 e. The average molecular weight is 199 g/mol. The Balaban J connectivity index is 2.54. The molecule has 3 atom stereocenters. The fraction of sp³-hybridized carbons (Fsp3) is 1.00. The van der Waals surface area contributed by atoms with Crippen molar-refractivity contribution in [2.75, 3.05) is 6.61 Å². The van der Waals surface area contributed by atoms with Gasteiger partial charge in [0.1, 0.15) is 0 Å². The predicted octanol–water partition coefficient (Wildman–Crippen LogP) is 2.72. The highest BCUT2D eigenvalue weighted by molar-refractivity contribution is 4.92. The van der Waals surface area contributed by atoms with Crippen LogP contribution in [0.4, 0.5) is 0 Å². The van der Waals surface area contributed by atoms with Crippen LogP contribution in [0.15, 0.2) is 0 Å². The quantitative estimate of drug-likeness (QED) is 0.751. The molecule has 0 spiro atoms. The molecule has 14 heavy (non-hydrogen) atoms. The van der Waals surface area contributed by atoms with Crippen molar-refractivity contribution < 1.29 is 4.74 Å². The van der Waals surface area contributed by atoms with Crippen molar-refractivity contribution in [3.05, 3.63) is 0 Å². The van der Waals surface area contributed by atoms with Gasteiger partial charge >= 0.3 is 0 Å². The van der Waals surface area contributed by atoms with Crippen molar-refractivity contribution in [2.24, 2.45) is 0 Å². The third-order valence-electron chi connectivity index (χ3n) is 3.39. The zero-order chi connectivity index (χ0) is 10.6. The molecule has 1 heterocycles. The molecule has 1 saturated heterocycles. The highest BCUT2D eigenvalue weighted by Crippen LogP contribution is 2.23. The van der Waals surface area contributed by atoms with Crippen molar-refractivity contribution in [3.8, 4) is 0 Å². The molecule has 0 radical (unpaired) electrons. The van der Waals surface area contributed by atoms with E-state index in [0.717, 1.165) is 13.0 Å². The van der Waals surface area contributed by atoms with Gasteiger partial charge in [0.05, 0.1) is 12.7 Å². The first kappa shape index (κ1) is 12.0. The molecular weight excluding hydrogens is 174 g/mol. The van der Waals surface area contributed by atoms with Crippen LogP contribution in [0.25, 0.3) is 0 Å². The van der Waals surface area contributed by atoms with Crippen LogP contribution in [0.3, 0.4) is 0 Å². The van der Waals surface area contributed by atoms with E-state index in [4.69, 9.17) is 4.74 Å². The Bertz CT molecular complexity index is 172. The largest absolute Gasteiger partial charge is 0.375 e. The van der Waals surface area contributed by atoms with Gasteiger partial charge in [-0.15, -0.1) is 0 Å². The van der Waals surface area contributed by atoms with Crippen molar-refractivity contribution in [1.82, 2.24) is 5.32 Å². The van der Waals surface area contributed by atoms with Gasteiger partial charge in [-0.05, 0) is 26.2 Å². The maximum absolute atomic E-state index is 5.97. The topological polar surface area (TPSA) is 21.3 Å². The molecule has 1 rings (SSSR count). The zero-order valence-corrected chi connectivity index (χ0v) is 10.1. The van der Waals surface area contributed by atoms with E-state index in [0.29, 0.717) is 12.1 Å². The lowest BCUT2D eigenvalue weighted by Crippen LogP contribution is -2.60. The smallest absolute Gasteiger partial charge is 0.0728 e. The zero-order valence-electron chi connectivity index (χ0n) is 10.1. The van der Waals surface area contributed by atoms with Gasteiger partial charge < -0.3 is 10.1 Å². The van der Waals surface area contributed by atoms with Crippen molar-refractivity contribution in [2.45, 2.75) is 71.1 Å². The van der Waals surface area contributed by atoms with Crippen molar-refractivity contribution in [1.29, 1.82) is 0 Å². The fourth-order valence-corrected chi connectivity index (χ4v) is 2.13. The van der Waals surface area contributed by atoms with E-state index in [1.807, 2.05) is 0 Å². The summed E-state index contributed by atoms with van der Waals surface area (Å²) in [6.07, 6.45) is 5.14. The summed E-state index contributed by atoms with van der Waals surface area (Å²) >= 11 is 0. The molecule has 0 amide bonds. The second kappa shape index (κ2) is 5.13. The average Bonchev–Trinajstić information content (AvgIpc) is 2.21. The molecule has 1 fully saturated rings. The first-order chi connectivity index (χ1) is 6.65. The van der Waals surface area contributed by atoms with Gasteiger partial charge in [-0.3, -0.25) is 0 Å². The van der Waals surface area contributed by atoms with E-state index in [9.17, 15) is 0 Å². The minimum atomic E-state index is 0.199. The summed E-state index contributed by atoms with van der Waals surface area (Å²) in [7, 11) is 0. The summed E-state index contributed by atoms with van der Waals surface area (Å²) < 4.78 is 5.97. The van der Waals surface area contributed by atoms with Crippen molar-refractivity contribution in [3.63, 3.8) is 0 Å². The summed E-state index contributed by atoms with van der Waals surface area (Å²) in [6, 6.07) is 0.550. The monoisotopic (exact) mass is 199 g/mol. The molecule has 0 aromatic heterocycles. The van der Waals surface area contributed by atoms with Crippen molar-refractivity contribution >= 4 is 0 Å². The summed E-state index contributed by atoms with van der Waals surface area (Å²) in [5, 5.41) is 3.74. The molecule has 1 N–H and O–H groups in total. The van der Waals surface area contributed by atoms with Gasteiger partial charge in [-0.2, -0.15) is 0 Å². The number of ether oxygens (including phenoxy) is 1. The molecule has 0 saturated carbocycles. The van der Waals surface area contributed by atoms with Gasteiger partial charge in [-0.1, -0.05) is 27.2 Å². The number of rotatable bonds is 4. The molecule has 0 aromatic carbocycles. The van der Waals surface area contributed by atoms with Gasteiger partial charge in [-0.25, -0.2) is 0 Å². The summed E-state index contributed by atoms with van der Waals surface area (Å²) in [5.41, 5.74) is 0.199. The van der Waals surface area contributed by atoms with Crippen LogP contribution in [0, 0.1) is 0 Å². The first-order valence-electron chi connectivity index (χ1n) is 6.04. The summed E-state index contributed by atoms with van der Waals surface area (Å²) in [6.45, 7) is 9.82.